The number of primary amides is 1. The molecule has 1 aromatic heterocycles. The van der Waals surface area contributed by atoms with Crippen LogP contribution in [0.5, 0.6) is 0 Å². The van der Waals surface area contributed by atoms with Crippen LogP contribution in [0.1, 0.15) is 16.1 Å². The van der Waals surface area contributed by atoms with E-state index in [0.29, 0.717) is 11.3 Å². The second kappa shape index (κ2) is 3.59. The first kappa shape index (κ1) is 9.07. The van der Waals surface area contributed by atoms with Gasteiger partial charge in [-0.3, -0.25) is 0 Å². The molecule has 0 atom stereocenters. The van der Waals surface area contributed by atoms with Crippen molar-refractivity contribution in [3.8, 4) is 0 Å². The molecule has 0 bridgehead atoms. The SMILES string of the molecule is C=Cn1ncc(C(N)=O)c1[CH]=[W]. The molecule has 1 aromatic rings. The van der Waals surface area contributed by atoms with Crippen molar-refractivity contribution >= 4 is 16.5 Å². The van der Waals surface area contributed by atoms with E-state index >= 15 is 0 Å². The van der Waals surface area contributed by atoms with Crippen molar-refractivity contribution in [2.24, 2.45) is 5.73 Å². The van der Waals surface area contributed by atoms with Gasteiger partial charge in [-0.05, 0) is 0 Å². The molecule has 0 radical (unpaired) electrons. The normalized spacial score (nSPS) is 9.33. The Morgan fingerprint density at radius 2 is 2.50 bits per heavy atom. The quantitative estimate of drug-likeness (QED) is 0.832. The third kappa shape index (κ3) is 1.43. The summed E-state index contributed by atoms with van der Waals surface area (Å²) < 4.78 is 3.36. The van der Waals surface area contributed by atoms with Crippen molar-refractivity contribution in [1.82, 2.24) is 9.78 Å². The Morgan fingerprint density at radius 3 is 2.92 bits per heavy atom. The molecule has 1 heterocycles. The first-order valence-electron chi connectivity index (χ1n) is 3.15. The Balaban J connectivity index is 3.31. The zero-order chi connectivity index (χ0) is 9.14. The van der Waals surface area contributed by atoms with Crippen LogP contribution < -0.4 is 5.73 Å². The number of nitrogens with zero attached hydrogens (tertiary/aromatic N) is 2. The van der Waals surface area contributed by atoms with Gasteiger partial charge in [-0.1, -0.05) is 0 Å². The third-order valence-corrected chi connectivity index (χ3v) is 2.19. The molecule has 62 valence electrons. The molecule has 0 fully saturated rings. The van der Waals surface area contributed by atoms with Gasteiger partial charge in [-0.25, -0.2) is 0 Å². The third-order valence-electron chi connectivity index (χ3n) is 1.38. The fourth-order valence-electron chi connectivity index (χ4n) is 0.824. The summed E-state index contributed by atoms with van der Waals surface area (Å²) in [6, 6.07) is 0. The molecule has 0 aromatic carbocycles. The molecule has 0 saturated carbocycles. The van der Waals surface area contributed by atoms with Crippen LogP contribution >= 0.6 is 0 Å². The Bertz CT molecular complexity index is 342. The molecule has 1 amide bonds. The molecule has 2 N–H and O–H groups in total. The average Bonchev–Trinajstić information content (AvgIpc) is 2.46. The topological polar surface area (TPSA) is 60.9 Å². The van der Waals surface area contributed by atoms with E-state index in [9.17, 15) is 4.79 Å². The summed E-state index contributed by atoms with van der Waals surface area (Å²) in [5, 5.41) is 3.91. The molecule has 0 unspecified atom stereocenters. The monoisotopic (exact) mass is 333 g/mol. The van der Waals surface area contributed by atoms with Crippen LogP contribution in [0.15, 0.2) is 12.8 Å². The second-order valence-corrected chi connectivity index (χ2v) is 2.90. The summed E-state index contributed by atoms with van der Waals surface area (Å²) in [6.45, 7) is 3.55. The van der Waals surface area contributed by atoms with Crippen LogP contribution in [0.4, 0.5) is 0 Å². The maximum absolute atomic E-state index is 10.8. The summed E-state index contributed by atoms with van der Waals surface area (Å²) in [5.74, 6) is -0.462. The summed E-state index contributed by atoms with van der Waals surface area (Å²) >= 11 is 1.23. The number of carbonyl (C=O) groups is 1. The summed E-state index contributed by atoms with van der Waals surface area (Å²) in [5.41, 5.74) is 6.27. The molecule has 1 rings (SSSR count). The van der Waals surface area contributed by atoms with Crippen molar-refractivity contribution in [1.29, 1.82) is 0 Å². The van der Waals surface area contributed by atoms with Gasteiger partial charge in [-0.15, -0.1) is 0 Å². The maximum atomic E-state index is 10.8. The predicted octanol–water partition coefficient (Wildman–Crippen LogP) is -0.220. The van der Waals surface area contributed by atoms with E-state index in [1.807, 2.05) is 4.40 Å². The van der Waals surface area contributed by atoms with Crippen molar-refractivity contribution in [2.45, 2.75) is 0 Å². The van der Waals surface area contributed by atoms with Gasteiger partial charge in [0.05, 0.1) is 0 Å². The van der Waals surface area contributed by atoms with E-state index in [1.165, 1.54) is 36.4 Å². The molecule has 4 nitrogen and oxygen atoms in total. The number of hydrogen-bond donors (Lipinski definition) is 1. The van der Waals surface area contributed by atoms with Gasteiger partial charge in [-0.2, -0.15) is 0 Å². The second-order valence-electron chi connectivity index (χ2n) is 2.05. The standard InChI is InChI=1S/C7H7N3O.W/c1-3-10-5(2)6(4-9-10)7(8)11;/h2-4H,1H2,(H2,8,11);. The van der Waals surface area contributed by atoms with Crippen LogP contribution in [0.25, 0.3) is 6.20 Å². The van der Waals surface area contributed by atoms with Crippen LogP contribution in [-0.2, 0) is 19.4 Å². The van der Waals surface area contributed by atoms with E-state index in [0.717, 1.165) is 0 Å². The molecular formula is C7H7N3OW. The van der Waals surface area contributed by atoms with Crippen molar-refractivity contribution in [3.63, 3.8) is 0 Å². The van der Waals surface area contributed by atoms with Gasteiger partial charge in [0.2, 0.25) is 0 Å². The molecule has 5 heteroatoms. The summed E-state index contributed by atoms with van der Waals surface area (Å²) in [6.07, 6.45) is 2.97. The first-order chi connectivity index (χ1) is 5.70. The van der Waals surface area contributed by atoms with Crippen LogP contribution in [0, 0.1) is 0 Å². The van der Waals surface area contributed by atoms with E-state index in [1.54, 1.807) is 0 Å². The fraction of sp³-hybridized carbons (Fsp3) is 0. The molecule has 0 saturated heterocycles. The molecule has 0 aliphatic carbocycles. The van der Waals surface area contributed by atoms with Gasteiger partial charge < -0.3 is 0 Å². The zero-order valence-electron chi connectivity index (χ0n) is 6.23. The van der Waals surface area contributed by atoms with Crippen LogP contribution in [-0.4, -0.2) is 20.1 Å². The first-order valence-corrected chi connectivity index (χ1v) is 4.85. The fourth-order valence-corrected chi connectivity index (χ4v) is 1.67. The van der Waals surface area contributed by atoms with E-state index in [-0.39, 0.29) is 0 Å². The number of hydrogen-bond acceptors (Lipinski definition) is 2. The Morgan fingerprint density at radius 1 is 1.83 bits per heavy atom. The van der Waals surface area contributed by atoms with Crippen LogP contribution in [0.2, 0.25) is 0 Å². The van der Waals surface area contributed by atoms with Gasteiger partial charge in [0.25, 0.3) is 0 Å². The van der Waals surface area contributed by atoms with Gasteiger partial charge >= 0.3 is 80.2 Å². The van der Waals surface area contributed by atoms with Crippen molar-refractivity contribution < 1.29 is 24.1 Å². The Kier molecular flexibility index (Phi) is 2.71. The number of amides is 1. The molecule has 0 aliphatic heterocycles. The number of carbonyl (C=O) groups excluding carboxylic acids is 1. The Hall–Kier alpha value is -1.02. The van der Waals surface area contributed by atoms with Gasteiger partial charge in [0.15, 0.2) is 0 Å². The van der Waals surface area contributed by atoms with Crippen LogP contribution in [0.3, 0.4) is 0 Å². The van der Waals surface area contributed by atoms with E-state index in [2.05, 4.69) is 11.7 Å². The minimum atomic E-state index is -0.462. The molecule has 12 heavy (non-hydrogen) atoms. The van der Waals surface area contributed by atoms with Gasteiger partial charge in [0.1, 0.15) is 0 Å². The van der Waals surface area contributed by atoms with E-state index < -0.39 is 5.91 Å². The zero-order valence-corrected chi connectivity index (χ0v) is 9.16. The minimum absolute atomic E-state index is 0.435. The summed E-state index contributed by atoms with van der Waals surface area (Å²) in [7, 11) is 0. The van der Waals surface area contributed by atoms with E-state index in [4.69, 9.17) is 5.73 Å². The molecule has 0 aliphatic rings. The average molecular weight is 333 g/mol. The van der Waals surface area contributed by atoms with Crippen molar-refractivity contribution in [2.75, 3.05) is 0 Å². The number of aromatic nitrogens is 2. The predicted molar refractivity (Wildman–Crippen MR) is 42.3 cm³/mol. The Labute approximate surface area is 80.5 Å². The number of nitrogens with two attached hydrogens (primary N) is 1. The van der Waals surface area contributed by atoms with Gasteiger partial charge in [0, 0.05) is 0 Å². The summed E-state index contributed by atoms with van der Waals surface area (Å²) in [4.78, 5) is 10.8. The molecule has 0 spiro atoms. The van der Waals surface area contributed by atoms with Crippen molar-refractivity contribution in [3.05, 3.63) is 24.0 Å². The molecular weight excluding hydrogens is 326 g/mol. The number of rotatable bonds is 3.